The van der Waals surface area contributed by atoms with Gasteiger partial charge in [-0.3, -0.25) is 0 Å². The first-order valence-corrected chi connectivity index (χ1v) is 5.96. The lowest BCUT2D eigenvalue weighted by Gasteiger charge is -2.02. The smallest absolute Gasteiger partial charge is 0.106 e. The molecule has 0 atom stereocenters. The van der Waals surface area contributed by atoms with Crippen LogP contribution in [0.3, 0.4) is 0 Å². The lowest BCUT2D eigenvalue weighted by Crippen LogP contribution is -1.93. The van der Waals surface area contributed by atoms with Crippen LogP contribution in [0.4, 0.5) is 0 Å². The Morgan fingerprint density at radius 3 is 2.50 bits per heavy atom. The highest BCUT2D eigenvalue weighted by Gasteiger charge is 1.98. The molecule has 0 fully saturated rings. The summed E-state index contributed by atoms with van der Waals surface area (Å²) in [6.07, 6.45) is 2.12. The lowest BCUT2D eigenvalue weighted by atomic mass is 10.0. The number of hydrogen-bond acceptors (Lipinski definition) is 2. The van der Waals surface area contributed by atoms with E-state index in [0.717, 1.165) is 11.3 Å². The minimum atomic E-state index is 0.894. The number of rotatable bonds is 3. The van der Waals surface area contributed by atoms with Crippen LogP contribution in [0.2, 0.25) is 0 Å². The standard InChI is InChI=1S/C16H17NO/c1-12(13(2)17-18-3)10-14-8-9-15-6-4-5-7-16(15)11-14/h4-11H,1-3H3. The third kappa shape index (κ3) is 2.77. The fraction of sp³-hybridized carbons (Fsp3) is 0.188. The van der Waals surface area contributed by atoms with Gasteiger partial charge >= 0.3 is 0 Å². The van der Waals surface area contributed by atoms with Crippen LogP contribution in [-0.4, -0.2) is 12.8 Å². The Bertz CT molecular complexity index is 611. The molecule has 0 spiro atoms. The van der Waals surface area contributed by atoms with E-state index in [1.54, 1.807) is 7.11 Å². The van der Waals surface area contributed by atoms with E-state index in [9.17, 15) is 0 Å². The number of hydrogen-bond donors (Lipinski definition) is 0. The van der Waals surface area contributed by atoms with Gasteiger partial charge in [0.15, 0.2) is 0 Å². The van der Waals surface area contributed by atoms with E-state index in [0.29, 0.717) is 0 Å². The molecule has 2 aromatic rings. The second-order valence-corrected chi connectivity index (χ2v) is 4.29. The van der Waals surface area contributed by atoms with Crippen molar-refractivity contribution in [2.24, 2.45) is 5.16 Å². The molecule has 2 nitrogen and oxygen atoms in total. The quantitative estimate of drug-likeness (QED) is 0.579. The monoisotopic (exact) mass is 239 g/mol. The van der Waals surface area contributed by atoms with E-state index >= 15 is 0 Å². The first kappa shape index (κ1) is 12.4. The molecule has 0 aliphatic carbocycles. The maximum atomic E-state index is 4.78. The number of fused-ring (bicyclic) bond motifs is 1. The molecule has 0 amide bonds. The van der Waals surface area contributed by atoms with Crippen LogP contribution < -0.4 is 0 Å². The van der Waals surface area contributed by atoms with Gasteiger partial charge in [-0.25, -0.2) is 0 Å². The van der Waals surface area contributed by atoms with E-state index in [1.807, 2.05) is 13.8 Å². The normalized spacial score (nSPS) is 12.8. The molecule has 18 heavy (non-hydrogen) atoms. The van der Waals surface area contributed by atoms with Gasteiger partial charge in [0.25, 0.3) is 0 Å². The molecule has 2 rings (SSSR count). The Labute approximate surface area is 108 Å². The van der Waals surface area contributed by atoms with Crippen molar-refractivity contribution >= 4 is 22.6 Å². The highest BCUT2D eigenvalue weighted by atomic mass is 16.6. The summed E-state index contributed by atoms with van der Waals surface area (Å²) in [4.78, 5) is 4.78. The predicted molar refractivity (Wildman–Crippen MR) is 77.7 cm³/mol. The molecule has 0 aliphatic rings. The fourth-order valence-electron chi connectivity index (χ4n) is 1.86. The molecule has 0 aliphatic heterocycles. The van der Waals surface area contributed by atoms with Crippen LogP contribution in [0.5, 0.6) is 0 Å². The average molecular weight is 239 g/mol. The highest BCUT2D eigenvalue weighted by molar-refractivity contribution is 6.01. The van der Waals surface area contributed by atoms with Crippen LogP contribution in [0, 0.1) is 0 Å². The molecule has 0 unspecified atom stereocenters. The van der Waals surface area contributed by atoms with Crippen molar-refractivity contribution in [3.8, 4) is 0 Å². The maximum Gasteiger partial charge on any atom is 0.106 e. The van der Waals surface area contributed by atoms with Gasteiger partial charge in [0.1, 0.15) is 7.11 Å². The van der Waals surface area contributed by atoms with Crippen LogP contribution in [0.25, 0.3) is 16.8 Å². The van der Waals surface area contributed by atoms with E-state index in [2.05, 4.69) is 53.7 Å². The van der Waals surface area contributed by atoms with Crippen molar-refractivity contribution in [2.45, 2.75) is 13.8 Å². The second kappa shape index (κ2) is 5.50. The largest absolute Gasteiger partial charge is 0.399 e. The predicted octanol–water partition coefficient (Wildman–Crippen LogP) is 4.27. The van der Waals surface area contributed by atoms with Crippen LogP contribution in [-0.2, 0) is 4.84 Å². The molecule has 0 bridgehead atoms. The molecule has 0 saturated carbocycles. The van der Waals surface area contributed by atoms with Gasteiger partial charge in [0, 0.05) is 0 Å². The van der Waals surface area contributed by atoms with Crippen LogP contribution >= 0.6 is 0 Å². The van der Waals surface area contributed by atoms with E-state index < -0.39 is 0 Å². The molecule has 0 aromatic heterocycles. The number of benzene rings is 2. The average Bonchev–Trinajstić information content (AvgIpc) is 2.39. The Hall–Kier alpha value is -2.09. The highest BCUT2D eigenvalue weighted by Crippen LogP contribution is 2.17. The third-order valence-electron chi connectivity index (χ3n) is 2.96. The summed E-state index contributed by atoms with van der Waals surface area (Å²) in [6, 6.07) is 14.8. The summed E-state index contributed by atoms with van der Waals surface area (Å²) in [5.41, 5.74) is 3.18. The minimum Gasteiger partial charge on any atom is -0.399 e. The molecular weight excluding hydrogens is 222 g/mol. The van der Waals surface area contributed by atoms with E-state index in [-0.39, 0.29) is 0 Å². The summed E-state index contributed by atoms with van der Waals surface area (Å²) in [6.45, 7) is 3.98. The van der Waals surface area contributed by atoms with Crippen LogP contribution in [0.1, 0.15) is 19.4 Å². The summed E-state index contributed by atoms with van der Waals surface area (Å²) in [5, 5.41) is 6.44. The Balaban J connectivity index is 2.37. The SMILES string of the molecule is CON=C(C)C(C)=Cc1ccc2ccccc2c1. The zero-order valence-corrected chi connectivity index (χ0v) is 11.0. The van der Waals surface area contributed by atoms with Gasteiger partial charge in [0.05, 0.1) is 5.71 Å². The summed E-state index contributed by atoms with van der Waals surface area (Å²) in [5.74, 6) is 0. The minimum absolute atomic E-state index is 0.894. The molecule has 0 radical (unpaired) electrons. The summed E-state index contributed by atoms with van der Waals surface area (Å²) >= 11 is 0. The topological polar surface area (TPSA) is 21.6 Å². The van der Waals surface area contributed by atoms with Crippen molar-refractivity contribution in [3.63, 3.8) is 0 Å². The van der Waals surface area contributed by atoms with Gasteiger partial charge in [-0.05, 0) is 41.8 Å². The van der Waals surface area contributed by atoms with E-state index in [1.165, 1.54) is 16.3 Å². The first-order chi connectivity index (χ1) is 8.70. The van der Waals surface area contributed by atoms with E-state index in [4.69, 9.17) is 4.84 Å². The molecule has 0 N–H and O–H groups in total. The van der Waals surface area contributed by atoms with Crippen molar-refractivity contribution in [2.75, 3.05) is 7.11 Å². The van der Waals surface area contributed by atoms with Crippen molar-refractivity contribution in [1.82, 2.24) is 0 Å². The Morgan fingerprint density at radius 2 is 1.78 bits per heavy atom. The summed E-state index contributed by atoms with van der Waals surface area (Å²) < 4.78 is 0. The molecule has 0 heterocycles. The molecule has 0 saturated heterocycles. The molecular formula is C16H17NO. The van der Waals surface area contributed by atoms with Gasteiger partial charge in [-0.15, -0.1) is 0 Å². The first-order valence-electron chi connectivity index (χ1n) is 5.96. The fourth-order valence-corrected chi connectivity index (χ4v) is 1.86. The van der Waals surface area contributed by atoms with Gasteiger partial charge < -0.3 is 4.84 Å². The summed E-state index contributed by atoms with van der Waals surface area (Å²) in [7, 11) is 1.56. The Morgan fingerprint density at radius 1 is 1.06 bits per heavy atom. The molecule has 2 aromatic carbocycles. The Kier molecular flexibility index (Phi) is 3.78. The second-order valence-electron chi connectivity index (χ2n) is 4.29. The molecule has 2 heteroatoms. The number of allylic oxidation sites excluding steroid dienone is 1. The lowest BCUT2D eigenvalue weighted by molar-refractivity contribution is 0.213. The molecule has 92 valence electrons. The van der Waals surface area contributed by atoms with Gasteiger partial charge in [-0.1, -0.05) is 47.6 Å². The van der Waals surface area contributed by atoms with Crippen molar-refractivity contribution in [3.05, 3.63) is 53.6 Å². The van der Waals surface area contributed by atoms with Gasteiger partial charge in [-0.2, -0.15) is 0 Å². The zero-order valence-electron chi connectivity index (χ0n) is 11.0. The number of oxime groups is 1. The van der Waals surface area contributed by atoms with Crippen molar-refractivity contribution in [1.29, 1.82) is 0 Å². The third-order valence-corrected chi connectivity index (χ3v) is 2.96. The van der Waals surface area contributed by atoms with Crippen LogP contribution in [0.15, 0.2) is 53.2 Å². The number of nitrogens with zero attached hydrogens (tertiary/aromatic N) is 1. The van der Waals surface area contributed by atoms with Gasteiger partial charge in [0.2, 0.25) is 0 Å². The zero-order chi connectivity index (χ0) is 13.0. The maximum absolute atomic E-state index is 4.78. The van der Waals surface area contributed by atoms with Crippen molar-refractivity contribution < 1.29 is 4.84 Å².